The molecule has 10 atom stereocenters. The molecule has 7 heterocycles. The molecular formula is C32H32F2N9O13P2S+. The number of rotatable bonds is 6. The van der Waals surface area contributed by atoms with Crippen LogP contribution < -0.4 is 10.9 Å². The van der Waals surface area contributed by atoms with Crippen molar-refractivity contribution in [1.29, 1.82) is 0 Å². The number of halogens is 2. The quantitative estimate of drug-likeness (QED) is 0.178. The van der Waals surface area contributed by atoms with Gasteiger partial charge in [-0.05, 0) is 23.4 Å². The third-order valence-corrected chi connectivity index (χ3v) is 12.0. The molecule has 3 unspecified atom stereocenters. The number of fused-ring (bicyclic) bond motifs is 5. The maximum Gasteiger partial charge on any atom is 0.697 e. The molecule has 0 radical (unpaired) electrons. The molecular weight excluding hydrogens is 850 g/mol. The van der Waals surface area contributed by atoms with E-state index in [0.29, 0.717) is 5.56 Å². The van der Waals surface area contributed by atoms with Gasteiger partial charge >= 0.3 is 21.1 Å². The number of carbonyl (C=O) groups is 2. The number of H-pyrrole nitrogens is 1. The van der Waals surface area contributed by atoms with Crippen molar-refractivity contribution in [2.75, 3.05) is 32.7 Å². The fourth-order valence-electron chi connectivity index (χ4n) is 6.89. The maximum absolute atomic E-state index is 16.4. The van der Waals surface area contributed by atoms with E-state index in [-0.39, 0.29) is 34.7 Å². The van der Waals surface area contributed by atoms with E-state index >= 15 is 4.39 Å². The van der Waals surface area contributed by atoms with Crippen molar-refractivity contribution in [3.8, 4) is 0 Å². The first-order chi connectivity index (χ1) is 28.2. The van der Waals surface area contributed by atoms with Gasteiger partial charge in [-0.15, -0.1) is 9.05 Å². The summed E-state index contributed by atoms with van der Waals surface area (Å²) in [7, 11) is -0.416. The van der Waals surface area contributed by atoms with Gasteiger partial charge in [0, 0.05) is 29.9 Å². The minimum atomic E-state index is -4.40. The van der Waals surface area contributed by atoms with E-state index < -0.39 is 106 Å². The Balaban J connectivity index is 1.03. The molecule has 0 spiro atoms. The Morgan fingerprint density at radius 3 is 2.69 bits per heavy atom. The second kappa shape index (κ2) is 16.3. The summed E-state index contributed by atoms with van der Waals surface area (Å²) in [5.74, 6) is -1.62. The first-order valence-electron chi connectivity index (χ1n) is 17.4. The van der Waals surface area contributed by atoms with Crippen LogP contribution in [-0.4, -0.2) is 125 Å². The van der Waals surface area contributed by atoms with Gasteiger partial charge in [-0.1, -0.05) is 18.2 Å². The van der Waals surface area contributed by atoms with E-state index in [2.05, 4.69) is 30.2 Å². The predicted molar refractivity (Wildman–Crippen MR) is 198 cm³/mol. The number of anilines is 1. The van der Waals surface area contributed by atoms with Gasteiger partial charge in [0.25, 0.3) is 11.5 Å². The molecule has 5 aromatic rings. The molecule has 0 saturated carbocycles. The summed E-state index contributed by atoms with van der Waals surface area (Å²) >= 11 is 5.25. The molecule has 3 aliphatic heterocycles. The Kier molecular flexibility index (Phi) is 11.4. The Bertz CT molecular complexity index is 2570. The van der Waals surface area contributed by atoms with Crippen LogP contribution in [-0.2, 0) is 55.2 Å². The molecule has 1 aromatic carbocycles. The summed E-state index contributed by atoms with van der Waals surface area (Å²) < 4.78 is 85.4. The van der Waals surface area contributed by atoms with E-state index in [1.807, 2.05) is 0 Å². The van der Waals surface area contributed by atoms with Crippen molar-refractivity contribution in [2.24, 2.45) is 0 Å². The second-order valence-electron chi connectivity index (χ2n) is 13.3. The highest BCUT2D eigenvalue weighted by Gasteiger charge is 2.55. The number of nitrogens with one attached hydrogen (secondary N) is 2. The number of ether oxygens (including phenoxy) is 3. The van der Waals surface area contributed by atoms with Crippen LogP contribution in [0.15, 0.2) is 54.2 Å². The SMILES string of the molecule is COC(=O)N(C)Cc1ccccc1C(=O)Nc1ncnc2c1ncn2[C@@H]1OC2COP(O)(=S)O[C@@H]3[C@H](O)[C@@H](CO[P+](=O)O[C@H]2[C@H]1F)O[C@H]3n1cc(F)c2c(=O)[nH]cnc21. The molecule has 3 fully saturated rings. The van der Waals surface area contributed by atoms with Gasteiger partial charge in [-0.2, -0.15) is 0 Å². The van der Waals surface area contributed by atoms with Crippen molar-refractivity contribution in [2.45, 2.75) is 55.7 Å². The van der Waals surface area contributed by atoms with Crippen LogP contribution in [0.25, 0.3) is 22.2 Å². The van der Waals surface area contributed by atoms with Crippen molar-refractivity contribution < 1.29 is 65.2 Å². The summed E-state index contributed by atoms with van der Waals surface area (Å²) in [6.45, 7) is -5.70. The normalized spacial score (nSPS) is 29.4. The summed E-state index contributed by atoms with van der Waals surface area (Å²) in [5, 5.41) is 13.4. The molecule has 3 aliphatic rings. The van der Waals surface area contributed by atoms with Gasteiger partial charge in [0.15, 0.2) is 53.2 Å². The van der Waals surface area contributed by atoms with E-state index in [1.54, 1.807) is 24.3 Å². The van der Waals surface area contributed by atoms with Crippen molar-refractivity contribution in [1.82, 2.24) is 39.0 Å². The number of aliphatic hydroxyl groups is 1. The summed E-state index contributed by atoms with van der Waals surface area (Å²) in [5.41, 5.74) is -0.237. The molecule has 2 amide bonds. The molecule has 4 N–H and O–H groups in total. The van der Waals surface area contributed by atoms with Gasteiger partial charge in [0.2, 0.25) is 0 Å². The molecule has 2 bridgehead atoms. The van der Waals surface area contributed by atoms with E-state index in [0.717, 1.165) is 23.4 Å². The van der Waals surface area contributed by atoms with Gasteiger partial charge < -0.3 is 48.5 Å². The minimum Gasteiger partial charge on any atom is -0.453 e. The number of carbonyl (C=O) groups excluding carboxylic acids is 2. The zero-order valence-corrected chi connectivity index (χ0v) is 33.0. The molecule has 312 valence electrons. The Morgan fingerprint density at radius 1 is 1.12 bits per heavy atom. The highest BCUT2D eigenvalue weighted by molar-refractivity contribution is 8.07. The van der Waals surface area contributed by atoms with Crippen molar-refractivity contribution in [3.05, 3.63) is 76.7 Å². The molecule has 27 heteroatoms. The molecule has 3 saturated heterocycles. The Labute approximate surface area is 335 Å². The topological polar surface area (TPSA) is 266 Å². The highest BCUT2D eigenvalue weighted by atomic mass is 32.5. The van der Waals surface area contributed by atoms with E-state index in [4.69, 9.17) is 44.1 Å². The second-order valence-corrected chi connectivity index (χ2v) is 17.0. The molecule has 59 heavy (non-hydrogen) atoms. The van der Waals surface area contributed by atoms with Gasteiger partial charge in [0.1, 0.15) is 42.7 Å². The molecule has 0 aliphatic carbocycles. The molecule has 22 nitrogen and oxygen atoms in total. The smallest absolute Gasteiger partial charge is 0.453 e. The first-order valence-corrected chi connectivity index (χ1v) is 21.1. The van der Waals surface area contributed by atoms with E-state index in [9.17, 15) is 33.3 Å². The number of amides is 2. The number of benzene rings is 1. The fourth-order valence-corrected chi connectivity index (χ4v) is 9.08. The van der Waals surface area contributed by atoms with Crippen molar-refractivity contribution >= 4 is 66.8 Å². The summed E-state index contributed by atoms with van der Waals surface area (Å²) in [6, 6.07) is 6.55. The van der Waals surface area contributed by atoms with Crippen molar-refractivity contribution in [3.63, 3.8) is 0 Å². The van der Waals surface area contributed by atoms with E-state index in [1.165, 1.54) is 30.0 Å². The lowest BCUT2D eigenvalue weighted by Crippen LogP contribution is -2.35. The largest absolute Gasteiger partial charge is 0.697 e. The molecule has 8 rings (SSSR count). The lowest BCUT2D eigenvalue weighted by molar-refractivity contribution is -0.0582. The predicted octanol–water partition coefficient (Wildman–Crippen LogP) is 2.34. The van der Waals surface area contributed by atoms with Gasteiger partial charge in [-0.25, -0.2) is 33.5 Å². The number of methoxy groups -OCH3 is 1. The third kappa shape index (κ3) is 7.87. The minimum absolute atomic E-state index is 0.00633. The zero-order valence-electron chi connectivity index (χ0n) is 30.4. The number of alkyl halides is 1. The van der Waals surface area contributed by atoms with Gasteiger partial charge in [0.05, 0.1) is 26.4 Å². The lowest BCUT2D eigenvalue weighted by Gasteiger charge is -2.27. The first kappa shape index (κ1) is 41.0. The van der Waals surface area contributed by atoms with Crippen LogP contribution in [0.2, 0.25) is 0 Å². The number of nitrogens with zero attached hydrogens (tertiary/aromatic N) is 7. The van der Waals surface area contributed by atoms with Crippen LogP contribution in [0.5, 0.6) is 0 Å². The average Bonchev–Trinajstić information content (AvgIpc) is 3.96. The standard InChI is InChI=1S/C32H31F2N9O13P2S/c1-41(32(47)50-2)7-14-5-3-4-6-15(14)28(45)40-25-21-27(37-11-35-25)43(13-39-21)30-20(34)23-18(54-30)10-52-58(49,59)56-24-22(44)17(9-51-57(48)55-23)53-31(24)42-8-16(33)19-26(42)36-12-38-29(19)46/h3-6,8,11-13,17-18,20,22-24,30-31,44H,7,9-10H2,1-2H3,(H2-,35,36,37,38,40,45,46,49,59)/p+1/t17-,18?,20-,22-,23-,24-,30-,31-,58?/m1/s1. The number of hydrogen-bond donors (Lipinski definition) is 4. The highest BCUT2D eigenvalue weighted by Crippen LogP contribution is 2.52. The number of imidazole rings is 1. The maximum atomic E-state index is 16.4. The number of aromatic amines is 1. The lowest BCUT2D eigenvalue weighted by atomic mass is 10.1. The zero-order chi connectivity index (χ0) is 41.7. The van der Waals surface area contributed by atoms with Crippen LogP contribution >= 0.6 is 15.0 Å². The van der Waals surface area contributed by atoms with Crippen LogP contribution in [0.4, 0.5) is 19.4 Å². The summed E-state index contributed by atoms with van der Waals surface area (Å²) in [4.78, 5) is 69.2. The number of aliphatic hydroxyl groups excluding tert-OH is 1. The van der Waals surface area contributed by atoms with Crippen LogP contribution in [0.1, 0.15) is 28.4 Å². The number of hydrogen-bond acceptors (Lipinski definition) is 17. The summed E-state index contributed by atoms with van der Waals surface area (Å²) in [6.07, 6.45) is -9.30. The Hall–Kier alpha value is -4.78. The number of aromatic nitrogens is 7. The van der Waals surface area contributed by atoms with Crippen LogP contribution in [0.3, 0.4) is 0 Å². The monoisotopic (exact) mass is 882 g/mol. The van der Waals surface area contributed by atoms with Gasteiger partial charge in [-0.3, -0.25) is 18.7 Å². The van der Waals surface area contributed by atoms with Crippen LogP contribution in [0, 0.1) is 5.82 Å². The average molecular weight is 883 g/mol. The molecule has 4 aromatic heterocycles. The third-order valence-electron chi connectivity index (χ3n) is 9.65. The fraction of sp³-hybridized carbons (Fsp3) is 0.406. The Morgan fingerprint density at radius 2 is 1.90 bits per heavy atom.